The topological polar surface area (TPSA) is 33.2 Å². The maximum absolute atomic E-state index is 13.0. The summed E-state index contributed by atoms with van der Waals surface area (Å²) in [7, 11) is 1.71. The summed E-state index contributed by atoms with van der Waals surface area (Å²) in [6, 6.07) is 9.19. The minimum atomic E-state index is -0.295. The third-order valence-electron chi connectivity index (χ3n) is 3.42. The third kappa shape index (κ3) is 3.58. The summed E-state index contributed by atoms with van der Waals surface area (Å²) in [6.45, 7) is 3.67. The van der Waals surface area contributed by atoms with Gasteiger partial charge in [0.2, 0.25) is 0 Å². The number of benzene rings is 1. The molecule has 0 saturated heterocycles. The molecular weight excluding hydrogens is 291 g/mol. The lowest BCUT2D eigenvalue weighted by atomic mass is 10.1. The van der Waals surface area contributed by atoms with Gasteiger partial charge in [-0.2, -0.15) is 0 Å². The molecule has 1 atom stereocenters. The molecule has 21 heavy (non-hydrogen) atoms. The smallest absolute Gasteiger partial charge is 0.254 e. The predicted octanol–water partition coefficient (Wildman–Crippen LogP) is 4.02. The van der Waals surface area contributed by atoms with E-state index in [-0.39, 0.29) is 17.8 Å². The molecule has 0 N–H and O–H groups in total. The van der Waals surface area contributed by atoms with Crippen molar-refractivity contribution in [2.24, 2.45) is 0 Å². The molecule has 0 spiro atoms. The lowest BCUT2D eigenvalue weighted by Crippen LogP contribution is -2.29. The zero-order valence-electron chi connectivity index (χ0n) is 12.1. The van der Waals surface area contributed by atoms with Crippen LogP contribution >= 0.6 is 11.6 Å². The Morgan fingerprint density at radius 3 is 2.48 bits per heavy atom. The third-order valence-corrected chi connectivity index (χ3v) is 3.62. The van der Waals surface area contributed by atoms with Crippen LogP contribution in [0.5, 0.6) is 0 Å². The van der Waals surface area contributed by atoms with E-state index in [4.69, 9.17) is 11.6 Å². The van der Waals surface area contributed by atoms with Gasteiger partial charge in [0.05, 0.1) is 6.04 Å². The maximum Gasteiger partial charge on any atom is 0.254 e. The average Bonchev–Trinajstić information content (AvgIpc) is 2.44. The number of pyridine rings is 1. The van der Waals surface area contributed by atoms with Crippen LogP contribution in [0, 0.1) is 12.7 Å². The molecule has 1 heterocycles. The number of carbonyl (C=O) groups excluding carboxylic acids is 1. The van der Waals surface area contributed by atoms with Crippen molar-refractivity contribution in [1.29, 1.82) is 0 Å². The monoisotopic (exact) mass is 306 g/mol. The molecule has 0 aliphatic heterocycles. The molecule has 110 valence electrons. The van der Waals surface area contributed by atoms with Crippen LogP contribution < -0.4 is 0 Å². The molecule has 1 aromatic heterocycles. The van der Waals surface area contributed by atoms with Crippen LogP contribution in [0.4, 0.5) is 4.39 Å². The standard InChI is InChI=1S/C16H16ClFN2O/c1-10-8-13(9-15(17)19-10)16(21)20(3)11(2)12-4-6-14(18)7-5-12/h4-9,11H,1-3H3. The van der Waals surface area contributed by atoms with E-state index in [1.807, 2.05) is 6.92 Å². The first-order chi connectivity index (χ1) is 9.88. The van der Waals surface area contributed by atoms with Crippen LogP contribution in [-0.2, 0) is 0 Å². The van der Waals surface area contributed by atoms with Crippen molar-refractivity contribution in [2.45, 2.75) is 19.9 Å². The van der Waals surface area contributed by atoms with Crippen molar-refractivity contribution in [2.75, 3.05) is 7.05 Å². The van der Waals surface area contributed by atoms with Gasteiger partial charge in [0.15, 0.2) is 0 Å². The molecule has 0 radical (unpaired) electrons. The van der Waals surface area contributed by atoms with Gasteiger partial charge in [-0.1, -0.05) is 23.7 Å². The molecule has 0 fully saturated rings. The van der Waals surface area contributed by atoms with E-state index in [9.17, 15) is 9.18 Å². The van der Waals surface area contributed by atoms with Crippen LogP contribution in [0.15, 0.2) is 36.4 Å². The Morgan fingerprint density at radius 1 is 1.29 bits per heavy atom. The lowest BCUT2D eigenvalue weighted by Gasteiger charge is -2.25. The van der Waals surface area contributed by atoms with Gasteiger partial charge >= 0.3 is 0 Å². The molecule has 0 bridgehead atoms. The van der Waals surface area contributed by atoms with E-state index >= 15 is 0 Å². The zero-order chi connectivity index (χ0) is 15.6. The van der Waals surface area contributed by atoms with Gasteiger partial charge in [0.1, 0.15) is 11.0 Å². The van der Waals surface area contributed by atoms with Gasteiger partial charge in [-0.25, -0.2) is 9.37 Å². The van der Waals surface area contributed by atoms with Gasteiger partial charge in [-0.3, -0.25) is 4.79 Å². The largest absolute Gasteiger partial charge is 0.335 e. The van der Waals surface area contributed by atoms with Crippen LogP contribution in [0.3, 0.4) is 0 Å². The van der Waals surface area contributed by atoms with E-state index in [2.05, 4.69) is 4.98 Å². The highest BCUT2D eigenvalue weighted by Gasteiger charge is 2.19. The normalized spacial score (nSPS) is 12.0. The minimum Gasteiger partial charge on any atom is -0.335 e. The fourth-order valence-corrected chi connectivity index (χ4v) is 2.35. The summed E-state index contributed by atoms with van der Waals surface area (Å²) in [5.74, 6) is -0.448. The maximum atomic E-state index is 13.0. The highest BCUT2D eigenvalue weighted by molar-refractivity contribution is 6.29. The predicted molar refractivity (Wildman–Crippen MR) is 80.9 cm³/mol. The molecule has 2 rings (SSSR count). The first kappa shape index (κ1) is 15.4. The number of aryl methyl sites for hydroxylation is 1. The molecule has 0 aliphatic carbocycles. The molecule has 1 aromatic carbocycles. The van der Waals surface area contributed by atoms with Crippen molar-refractivity contribution >= 4 is 17.5 Å². The fourth-order valence-electron chi connectivity index (χ4n) is 2.10. The van der Waals surface area contributed by atoms with Gasteiger partial charge in [0.25, 0.3) is 5.91 Å². The molecule has 5 heteroatoms. The number of carbonyl (C=O) groups is 1. The van der Waals surface area contributed by atoms with Crippen LogP contribution in [0.2, 0.25) is 5.15 Å². The Bertz CT molecular complexity index is 638. The second kappa shape index (κ2) is 6.22. The molecule has 2 aromatic rings. The van der Waals surface area contributed by atoms with Gasteiger partial charge < -0.3 is 4.90 Å². The van der Waals surface area contributed by atoms with Crippen LogP contribution in [-0.4, -0.2) is 22.8 Å². The number of hydrogen-bond donors (Lipinski definition) is 0. The van der Waals surface area contributed by atoms with E-state index in [1.165, 1.54) is 12.1 Å². The van der Waals surface area contributed by atoms with Crippen molar-refractivity contribution in [1.82, 2.24) is 9.88 Å². The Morgan fingerprint density at radius 2 is 1.90 bits per heavy atom. The first-order valence-electron chi connectivity index (χ1n) is 6.55. The van der Waals surface area contributed by atoms with Crippen molar-refractivity contribution in [3.63, 3.8) is 0 Å². The quantitative estimate of drug-likeness (QED) is 0.803. The Hall–Kier alpha value is -1.94. The number of halogens is 2. The molecule has 3 nitrogen and oxygen atoms in total. The number of hydrogen-bond acceptors (Lipinski definition) is 2. The van der Waals surface area contributed by atoms with Crippen molar-refractivity contribution in [3.8, 4) is 0 Å². The summed E-state index contributed by atoms with van der Waals surface area (Å²) in [5, 5.41) is 0.293. The van der Waals surface area contributed by atoms with Crippen molar-refractivity contribution < 1.29 is 9.18 Å². The summed E-state index contributed by atoms with van der Waals surface area (Å²) < 4.78 is 13.0. The van der Waals surface area contributed by atoms with Gasteiger partial charge in [0, 0.05) is 18.3 Å². The number of nitrogens with zero attached hydrogens (tertiary/aromatic N) is 2. The molecule has 0 aliphatic rings. The summed E-state index contributed by atoms with van der Waals surface area (Å²) in [4.78, 5) is 18.1. The number of amides is 1. The summed E-state index contributed by atoms with van der Waals surface area (Å²) in [5.41, 5.74) is 2.04. The first-order valence-corrected chi connectivity index (χ1v) is 6.93. The highest BCUT2D eigenvalue weighted by atomic mass is 35.5. The van der Waals surface area contributed by atoms with Gasteiger partial charge in [-0.05, 0) is 43.7 Å². The number of rotatable bonds is 3. The molecule has 1 amide bonds. The summed E-state index contributed by atoms with van der Waals surface area (Å²) in [6.07, 6.45) is 0. The van der Waals surface area contributed by atoms with E-state index in [1.54, 1.807) is 43.1 Å². The van der Waals surface area contributed by atoms with E-state index < -0.39 is 0 Å². The van der Waals surface area contributed by atoms with Crippen LogP contribution in [0.1, 0.15) is 34.6 Å². The Labute approximate surface area is 128 Å². The van der Waals surface area contributed by atoms with Gasteiger partial charge in [-0.15, -0.1) is 0 Å². The Kier molecular flexibility index (Phi) is 4.58. The minimum absolute atomic E-state index is 0.153. The molecule has 0 saturated carbocycles. The lowest BCUT2D eigenvalue weighted by molar-refractivity contribution is 0.0742. The Balaban J connectivity index is 2.23. The zero-order valence-corrected chi connectivity index (χ0v) is 12.9. The van der Waals surface area contributed by atoms with E-state index in [0.29, 0.717) is 16.4 Å². The highest BCUT2D eigenvalue weighted by Crippen LogP contribution is 2.22. The summed E-state index contributed by atoms with van der Waals surface area (Å²) >= 11 is 5.89. The molecular formula is C16H16ClFN2O. The number of aromatic nitrogens is 1. The second-order valence-electron chi connectivity index (χ2n) is 4.96. The van der Waals surface area contributed by atoms with E-state index in [0.717, 1.165) is 5.56 Å². The second-order valence-corrected chi connectivity index (χ2v) is 5.35. The molecule has 1 unspecified atom stereocenters. The van der Waals surface area contributed by atoms with Crippen LogP contribution in [0.25, 0.3) is 0 Å². The average molecular weight is 307 g/mol. The van der Waals surface area contributed by atoms with Crippen molar-refractivity contribution in [3.05, 3.63) is 64.2 Å². The fraction of sp³-hybridized carbons (Fsp3) is 0.250. The SMILES string of the molecule is Cc1cc(C(=O)N(C)C(C)c2ccc(F)cc2)cc(Cl)n1.